The lowest BCUT2D eigenvalue weighted by Gasteiger charge is -2.03. The zero-order valence-electron chi connectivity index (χ0n) is 9.64. The molecule has 2 aromatic rings. The second-order valence-corrected chi connectivity index (χ2v) is 3.46. The Hall–Kier alpha value is -2.72. The highest BCUT2D eigenvalue weighted by molar-refractivity contribution is 6.02. The van der Waals surface area contributed by atoms with Gasteiger partial charge in [-0.05, 0) is 18.2 Å². The molecule has 1 aromatic carbocycles. The van der Waals surface area contributed by atoms with E-state index in [1.807, 2.05) is 0 Å². The van der Waals surface area contributed by atoms with E-state index in [1.165, 1.54) is 18.3 Å². The van der Waals surface area contributed by atoms with Gasteiger partial charge >= 0.3 is 0 Å². The predicted octanol–water partition coefficient (Wildman–Crippen LogP) is 0.540. The molecular weight excluding hydrogens is 251 g/mol. The first-order chi connectivity index (χ1) is 9.20. The number of aliphatic hydroxyl groups is 1. The monoisotopic (exact) mass is 260 g/mol. The number of nitrogens with one attached hydrogen (secondary N) is 2. The van der Waals surface area contributed by atoms with Crippen molar-refractivity contribution in [2.24, 2.45) is 0 Å². The van der Waals surface area contributed by atoms with Crippen LogP contribution in [0.3, 0.4) is 0 Å². The van der Waals surface area contributed by atoms with Gasteiger partial charge in [0.25, 0.3) is 5.91 Å². The zero-order valence-corrected chi connectivity index (χ0v) is 9.64. The van der Waals surface area contributed by atoms with Gasteiger partial charge in [0, 0.05) is 5.69 Å². The molecule has 0 fully saturated rings. The van der Waals surface area contributed by atoms with E-state index in [2.05, 4.69) is 32.6 Å². The lowest BCUT2D eigenvalue weighted by atomic mass is 10.2. The normalized spacial score (nSPS) is 9.58. The molecule has 0 saturated carbocycles. The van der Waals surface area contributed by atoms with E-state index in [9.17, 15) is 9.18 Å². The van der Waals surface area contributed by atoms with Crippen LogP contribution in [0.4, 0.5) is 10.1 Å². The van der Waals surface area contributed by atoms with Crippen molar-refractivity contribution >= 4 is 11.6 Å². The van der Waals surface area contributed by atoms with Crippen molar-refractivity contribution in [2.45, 2.75) is 0 Å². The average Bonchev–Trinajstić information content (AvgIpc) is 2.92. The molecule has 0 bridgehead atoms. The summed E-state index contributed by atoms with van der Waals surface area (Å²) in [5.74, 6) is 3.72. The van der Waals surface area contributed by atoms with Gasteiger partial charge in [-0.25, -0.2) is 4.39 Å². The number of hydrogen-bond acceptors (Lipinski definition) is 4. The standard InChI is InChI=1S/C12H9FN4O2/c13-10-6-9(4-3-8(10)2-1-5-18)15-12(19)11-7-14-17-16-11/h3-4,6-7,18H,5H2,(H,15,19)(H,14,16,17). The lowest BCUT2D eigenvalue weighted by molar-refractivity contribution is 0.102. The molecule has 6 nitrogen and oxygen atoms in total. The van der Waals surface area contributed by atoms with Crippen molar-refractivity contribution in [2.75, 3.05) is 11.9 Å². The number of nitrogens with zero attached hydrogens (tertiary/aromatic N) is 2. The molecule has 96 valence electrons. The smallest absolute Gasteiger partial charge is 0.277 e. The first-order valence-electron chi connectivity index (χ1n) is 5.27. The number of rotatable bonds is 2. The van der Waals surface area contributed by atoms with Crippen molar-refractivity contribution in [1.29, 1.82) is 0 Å². The molecule has 0 spiro atoms. The summed E-state index contributed by atoms with van der Waals surface area (Å²) < 4.78 is 13.6. The highest BCUT2D eigenvalue weighted by atomic mass is 19.1. The van der Waals surface area contributed by atoms with E-state index < -0.39 is 11.7 Å². The minimum absolute atomic E-state index is 0.101. The molecule has 0 saturated heterocycles. The number of aromatic nitrogens is 3. The lowest BCUT2D eigenvalue weighted by Crippen LogP contribution is -2.12. The van der Waals surface area contributed by atoms with Gasteiger partial charge in [0.2, 0.25) is 0 Å². The zero-order chi connectivity index (χ0) is 13.7. The quantitative estimate of drug-likeness (QED) is 0.687. The number of benzene rings is 1. The number of carbonyl (C=O) groups excluding carboxylic acids is 1. The number of aromatic amines is 1. The van der Waals surface area contributed by atoms with Gasteiger partial charge in [0.15, 0.2) is 5.69 Å². The fourth-order valence-electron chi connectivity index (χ4n) is 1.34. The molecule has 19 heavy (non-hydrogen) atoms. The van der Waals surface area contributed by atoms with Crippen molar-refractivity contribution in [3.8, 4) is 11.8 Å². The Kier molecular flexibility index (Phi) is 3.85. The number of amides is 1. The summed E-state index contributed by atoms with van der Waals surface area (Å²) in [4.78, 5) is 11.6. The van der Waals surface area contributed by atoms with Crippen molar-refractivity contribution in [3.63, 3.8) is 0 Å². The molecule has 2 rings (SSSR count). The van der Waals surface area contributed by atoms with E-state index in [-0.39, 0.29) is 23.6 Å². The van der Waals surface area contributed by atoms with Crippen LogP contribution in [-0.2, 0) is 0 Å². The van der Waals surface area contributed by atoms with E-state index in [1.54, 1.807) is 0 Å². The molecule has 0 aliphatic heterocycles. The molecular formula is C12H9FN4O2. The number of H-pyrrole nitrogens is 1. The Morgan fingerprint density at radius 1 is 1.53 bits per heavy atom. The molecule has 0 atom stereocenters. The van der Waals surface area contributed by atoms with Crippen LogP contribution >= 0.6 is 0 Å². The molecule has 1 amide bonds. The van der Waals surface area contributed by atoms with Crippen LogP contribution in [0.25, 0.3) is 0 Å². The van der Waals surface area contributed by atoms with Crippen molar-refractivity contribution < 1.29 is 14.3 Å². The van der Waals surface area contributed by atoms with E-state index >= 15 is 0 Å². The van der Waals surface area contributed by atoms with Gasteiger partial charge in [-0.2, -0.15) is 15.4 Å². The van der Waals surface area contributed by atoms with Gasteiger partial charge in [-0.15, -0.1) is 0 Å². The van der Waals surface area contributed by atoms with Gasteiger partial charge < -0.3 is 10.4 Å². The minimum atomic E-state index is -0.584. The Labute approximate surface area is 107 Å². The van der Waals surface area contributed by atoms with Gasteiger partial charge in [-0.3, -0.25) is 4.79 Å². The molecule has 0 aliphatic rings. The number of halogens is 1. The van der Waals surface area contributed by atoms with E-state index in [4.69, 9.17) is 5.11 Å². The third-order valence-electron chi connectivity index (χ3n) is 2.18. The van der Waals surface area contributed by atoms with Crippen LogP contribution in [0, 0.1) is 17.7 Å². The second-order valence-electron chi connectivity index (χ2n) is 3.46. The minimum Gasteiger partial charge on any atom is -0.384 e. The topological polar surface area (TPSA) is 90.9 Å². The molecule has 0 unspecified atom stereocenters. The maximum atomic E-state index is 13.6. The Morgan fingerprint density at radius 2 is 2.37 bits per heavy atom. The number of carbonyl (C=O) groups is 1. The Morgan fingerprint density at radius 3 is 3.00 bits per heavy atom. The number of hydrogen-bond donors (Lipinski definition) is 3. The average molecular weight is 260 g/mol. The first kappa shape index (κ1) is 12.7. The molecule has 0 aliphatic carbocycles. The summed E-state index contributed by atoms with van der Waals surface area (Å²) in [5.41, 5.74) is 0.526. The first-order valence-corrected chi connectivity index (χ1v) is 5.27. The fraction of sp³-hybridized carbons (Fsp3) is 0.0833. The number of aliphatic hydroxyl groups excluding tert-OH is 1. The van der Waals surface area contributed by atoms with E-state index in [0.717, 1.165) is 6.07 Å². The highest BCUT2D eigenvalue weighted by Gasteiger charge is 2.10. The van der Waals surface area contributed by atoms with Crippen LogP contribution < -0.4 is 5.32 Å². The predicted molar refractivity (Wildman–Crippen MR) is 64.7 cm³/mol. The largest absolute Gasteiger partial charge is 0.384 e. The summed E-state index contributed by atoms with van der Waals surface area (Å²) in [6.45, 7) is -0.343. The third kappa shape index (κ3) is 3.14. The molecule has 0 radical (unpaired) electrons. The summed E-state index contributed by atoms with van der Waals surface area (Å²) in [7, 11) is 0. The van der Waals surface area contributed by atoms with Gasteiger partial charge in [-0.1, -0.05) is 11.8 Å². The van der Waals surface area contributed by atoms with Gasteiger partial charge in [0.05, 0.1) is 11.8 Å². The second kappa shape index (κ2) is 5.75. The summed E-state index contributed by atoms with van der Waals surface area (Å²) >= 11 is 0. The molecule has 7 heteroatoms. The van der Waals surface area contributed by atoms with Crippen LogP contribution in [0.15, 0.2) is 24.4 Å². The van der Waals surface area contributed by atoms with Crippen molar-refractivity contribution in [1.82, 2.24) is 15.4 Å². The molecule has 1 aromatic heterocycles. The van der Waals surface area contributed by atoms with Crippen LogP contribution in [-0.4, -0.2) is 33.0 Å². The van der Waals surface area contributed by atoms with Crippen LogP contribution in [0.5, 0.6) is 0 Å². The summed E-state index contributed by atoms with van der Waals surface area (Å²) in [6.07, 6.45) is 1.26. The Balaban J connectivity index is 2.14. The summed E-state index contributed by atoms with van der Waals surface area (Å²) in [5, 5.41) is 20.4. The fourth-order valence-corrected chi connectivity index (χ4v) is 1.34. The highest BCUT2D eigenvalue weighted by Crippen LogP contribution is 2.14. The SMILES string of the molecule is O=C(Nc1ccc(C#CCO)c(F)c1)c1cn[nH]n1. The maximum Gasteiger partial charge on any atom is 0.277 e. The maximum absolute atomic E-state index is 13.6. The third-order valence-corrected chi connectivity index (χ3v) is 2.18. The molecule has 1 heterocycles. The molecule has 3 N–H and O–H groups in total. The van der Waals surface area contributed by atoms with Gasteiger partial charge in [0.1, 0.15) is 12.4 Å². The van der Waals surface area contributed by atoms with Crippen LogP contribution in [0.2, 0.25) is 0 Å². The Bertz CT molecular complexity index is 643. The number of anilines is 1. The summed E-state index contributed by atoms with van der Waals surface area (Å²) in [6, 6.07) is 4.05. The van der Waals surface area contributed by atoms with Crippen LogP contribution in [0.1, 0.15) is 16.1 Å². The van der Waals surface area contributed by atoms with E-state index in [0.29, 0.717) is 0 Å². The van der Waals surface area contributed by atoms with Crippen molar-refractivity contribution in [3.05, 3.63) is 41.5 Å².